The summed E-state index contributed by atoms with van der Waals surface area (Å²) in [5.41, 5.74) is 0. The molecule has 1 N–H and O–H groups in total. The van der Waals surface area contributed by atoms with Gasteiger partial charge in [-0.1, -0.05) is 55.0 Å². The van der Waals surface area contributed by atoms with Gasteiger partial charge in [-0.25, -0.2) is 0 Å². The summed E-state index contributed by atoms with van der Waals surface area (Å²) in [6.45, 7) is 2.94. The lowest BCUT2D eigenvalue weighted by Crippen LogP contribution is -2.29. The zero-order valence-electron chi connectivity index (χ0n) is 10.3. The summed E-state index contributed by atoms with van der Waals surface area (Å²) in [4.78, 5) is 12.0. The number of carbonyl (C=O) groups is 1. The summed E-state index contributed by atoms with van der Waals surface area (Å²) >= 11 is 3.57. The van der Waals surface area contributed by atoms with Crippen LogP contribution in [0.15, 0.2) is 0 Å². The van der Waals surface area contributed by atoms with Crippen LogP contribution in [0.3, 0.4) is 0 Å². The average molecular weight is 290 g/mol. The van der Waals surface area contributed by atoms with Crippen LogP contribution in [0.5, 0.6) is 0 Å². The maximum absolute atomic E-state index is 11.6. The summed E-state index contributed by atoms with van der Waals surface area (Å²) in [6, 6.07) is 0. The molecule has 0 saturated heterocycles. The van der Waals surface area contributed by atoms with Gasteiger partial charge in [0.2, 0.25) is 5.91 Å². The first-order valence-electron chi connectivity index (χ1n) is 6.63. The van der Waals surface area contributed by atoms with Crippen LogP contribution in [0.1, 0.15) is 58.3 Å². The molecule has 1 rings (SSSR count). The molecule has 1 saturated carbocycles. The fourth-order valence-electron chi connectivity index (χ4n) is 2.36. The van der Waals surface area contributed by atoms with Crippen LogP contribution in [0.2, 0.25) is 0 Å². The number of rotatable bonds is 7. The lowest BCUT2D eigenvalue weighted by atomic mass is 10.0. The van der Waals surface area contributed by atoms with Gasteiger partial charge in [0.1, 0.15) is 0 Å². The molecule has 0 heterocycles. The molecule has 0 aromatic carbocycles. The minimum atomic E-state index is 0.229. The molecule has 0 aromatic heterocycles. The second kappa shape index (κ2) is 8.10. The van der Waals surface area contributed by atoms with Crippen molar-refractivity contribution in [3.05, 3.63) is 0 Å². The van der Waals surface area contributed by atoms with Crippen LogP contribution in [-0.4, -0.2) is 17.3 Å². The van der Waals surface area contributed by atoms with Gasteiger partial charge in [0.05, 0.1) is 0 Å². The van der Waals surface area contributed by atoms with Gasteiger partial charge in [0.15, 0.2) is 0 Å². The van der Waals surface area contributed by atoms with E-state index >= 15 is 0 Å². The van der Waals surface area contributed by atoms with Gasteiger partial charge in [-0.05, 0) is 18.8 Å². The molecule has 1 aliphatic rings. The van der Waals surface area contributed by atoms with Gasteiger partial charge in [-0.2, -0.15) is 0 Å². The summed E-state index contributed by atoms with van der Waals surface area (Å²) in [7, 11) is 0. The second-order valence-corrected chi connectivity index (χ2v) is 6.17. The van der Waals surface area contributed by atoms with E-state index in [-0.39, 0.29) is 5.91 Å². The van der Waals surface area contributed by atoms with E-state index < -0.39 is 0 Å². The van der Waals surface area contributed by atoms with E-state index in [1.54, 1.807) is 0 Å². The summed E-state index contributed by atoms with van der Waals surface area (Å²) in [5, 5.41) is 3.01. The predicted molar refractivity (Wildman–Crippen MR) is 71.8 cm³/mol. The molecule has 1 aliphatic carbocycles. The van der Waals surface area contributed by atoms with Crippen LogP contribution < -0.4 is 5.32 Å². The third kappa shape index (κ3) is 5.88. The Hall–Kier alpha value is -0.0500. The molecule has 0 bridgehead atoms. The fraction of sp³-hybridized carbons (Fsp3) is 0.923. The molecular formula is C13H24BrNO. The van der Waals surface area contributed by atoms with Crippen molar-refractivity contribution in [2.45, 2.75) is 63.1 Å². The highest BCUT2D eigenvalue weighted by Gasteiger charge is 2.16. The van der Waals surface area contributed by atoms with Crippen LogP contribution in [0.4, 0.5) is 0 Å². The Morgan fingerprint density at radius 3 is 2.75 bits per heavy atom. The van der Waals surface area contributed by atoms with E-state index in [1.807, 2.05) is 0 Å². The summed E-state index contributed by atoms with van der Waals surface area (Å²) in [6.07, 6.45) is 9.51. The molecule has 0 radical (unpaired) electrons. The van der Waals surface area contributed by atoms with Gasteiger partial charge in [0, 0.05) is 17.8 Å². The molecule has 1 fully saturated rings. The van der Waals surface area contributed by atoms with E-state index in [1.165, 1.54) is 25.7 Å². The van der Waals surface area contributed by atoms with Gasteiger partial charge >= 0.3 is 0 Å². The van der Waals surface area contributed by atoms with E-state index in [0.717, 1.165) is 38.1 Å². The van der Waals surface area contributed by atoms with E-state index in [0.29, 0.717) is 4.83 Å². The van der Waals surface area contributed by atoms with Crippen molar-refractivity contribution >= 4 is 21.8 Å². The number of hydrogen-bond acceptors (Lipinski definition) is 1. The number of hydrogen-bond donors (Lipinski definition) is 1. The van der Waals surface area contributed by atoms with Gasteiger partial charge < -0.3 is 5.32 Å². The minimum Gasteiger partial charge on any atom is -0.355 e. The highest BCUT2D eigenvalue weighted by molar-refractivity contribution is 9.09. The maximum Gasteiger partial charge on any atom is 0.220 e. The lowest BCUT2D eigenvalue weighted by molar-refractivity contribution is -0.121. The SMILES string of the molecule is CCCC(Br)CNC(=O)CCC1CCCC1. The van der Waals surface area contributed by atoms with Crippen molar-refractivity contribution in [1.82, 2.24) is 5.32 Å². The van der Waals surface area contributed by atoms with Crippen molar-refractivity contribution in [3.63, 3.8) is 0 Å². The Morgan fingerprint density at radius 1 is 1.44 bits per heavy atom. The predicted octanol–water partition coefficient (Wildman–Crippen LogP) is 3.64. The number of carbonyl (C=O) groups excluding carboxylic acids is 1. The third-order valence-corrected chi connectivity index (χ3v) is 4.16. The first-order valence-corrected chi connectivity index (χ1v) is 7.54. The number of amides is 1. The zero-order valence-corrected chi connectivity index (χ0v) is 11.9. The van der Waals surface area contributed by atoms with E-state index in [4.69, 9.17) is 0 Å². The highest BCUT2D eigenvalue weighted by atomic mass is 79.9. The molecule has 16 heavy (non-hydrogen) atoms. The lowest BCUT2D eigenvalue weighted by Gasteiger charge is -2.11. The van der Waals surface area contributed by atoms with E-state index in [9.17, 15) is 4.79 Å². The van der Waals surface area contributed by atoms with E-state index in [2.05, 4.69) is 28.2 Å². The van der Waals surface area contributed by atoms with Crippen molar-refractivity contribution in [3.8, 4) is 0 Å². The number of halogens is 1. The molecule has 1 unspecified atom stereocenters. The largest absolute Gasteiger partial charge is 0.355 e. The Morgan fingerprint density at radius 2 is 2.12 bits per heavy atom. The first kappa shape index (κ1) is 14.0. The molecule has 3 heteroatoms. The Labute approximate surface area is 108 Å². The molecule has 0 spiro atoms. The molecular weight excluding hydrogens is 266 g/mol. The standard InChI is InChI=1S/C13H24BrNO/c1-2-5-12(14)10-15-13(16)9-8-11-6-3-4-7-11/h11-12H,2-10H2,1H3,(H,15,16). The summed E-state index contributed by atoms with van der Waals surface area (Å²) < 4.78 is 0. The second-order valence-electron chi connectivity index (χ2n) is 4.88. The highest BCUT2D eigenvalue weighted by Crippen LogP contribution is 2.28. The Bertz CT molecular complexity index is 202. The molecule has 94 valence electrons. The molecule has 0 aromatic rings. The Kier molecular flexibility index (Phi) is 7.10. The number of nitrogens with one attached hydrogen (secondary N) is 1. The molecule has 0 aliphatic heterocycles. The topological polar surface area (TPSA) is 29.1 Å². The molecule has 1 amide bonds. The van der Waals surface area contributed by atoms with Crippen LogP contribution >= 0.6 is 15.9 Å². The van der Waals surface area contributed by atoms with Crippen molar-refractivity contribution in [2.24, 2.45) is 5.92 Å². The number of alkyl halides is 1. The molecule has 2 nitrogen and oxygen atoms in total. The van der Waals surface area contributed by atoms with Gasteiger partial charge in [-0.3, -0.25) is 4.79 Å². The zero-order chi connectivity index (χ0) is 11.8. The minimum absolute atomic E-state index is 0.229. The van der Waals surface area contributed by atoms with Gasteiger partial charge in [0.25, 0.3) is 0 Å². The Balaban J connectivity index is 2.01. The van der Waals surface area contributed by atoms with Crippen LogP contribution in [0.25, 0.3) is 0 Å². The summed E-state index contributed by atoms with van der Waals surface area (Å²) in [5.74, 6) is 1.05. The monoisotopic (exact) mass is 289 g/mol. The van der Waals surface area contributed by atoms with Crippen molar-refractivity contribution in [2.75, 3.05) is 6.54 Å². The normalized spacial score (nSPS) is 18.6. The first-order chi connectivity index (χ1) is 7.72. The fourth-order valence-corrected chi connectivity index (χ4v) is 2.98. The van der Waals surface area contributed by atoms with Crippen LogP contribution in [0, 0.1) is 5.92 Å². The van der Waals surface area contributed by atoms with Gasteiger partial charge in [-0.15, -0.1) is 0 Å². The average Bonchev–Trinajstić information content (AvgIpc) is 2.77. The maximum atomic E-state index is 11.6. The smallest absolute Gasteiger partial charge is 0.220 e. The third-order valence-electron chi connectivity index (χ3n) is 3.38. The molecule has 1 atom stereocenters. The van der Waals surface area contributed by atoms with Crippen molar-refractivity contribution in [1.29, 1.82) is 0 Å². The van der Waals surface area contributed by atoms with Crippen LogP contribution in [-0.2, 0) is 4.79 Å². The quantitative estimate of drug-likeness (QED) is 0.713. The van der Waals surface area contributed by atoms with Crippen molar-refractivity contribution < 1.29 is 4.79 Å².